The van der Waals surface area contributed by atoms with E-state index in [0.29, 0.717) is 5.56 Å². The predicted octanol–water partition coefficient (Wildman–Crippen LogP) is 4.56. The van der Waals surface area contributed by atoms with Crippen LogP contribution in [0.15, 0.2) is 59.2 Å². The minimum absolute atomic E-state index is 0.129. The van der Waals surface area contributed by atoms with Crippen LogP contribution in [0.3, 0.4) is 0 Å². The number of fused-ring (bicyclic) bond motifs is 1. The Bertz CT molecular complexity index is 830. The molecule has 2 aromatic carbocycles. The van der Waals surface area contributed by atoms with Crippen LogP contribution in [0.4, 0.5) is 5.69 Å². The molecular formula is C17H13BrN2O. The number of carbonyl (C=O) groups excluding carboxylic acids is 1. The monoisotopic (exact) mass is 340 g/mol. The Morgan fingerprint density at radius 3 is 2.67 bits per heavy atom. The lowest BCUT2D eigenvalue weighted by Crippen LogP contribution is -2.13. The average Bonchev–Trinajstić information content (AvgIpc) is 2.49. The zero-order chi connectivity index (χ0) is 14.8. The van der Waals surface area contributed by atoms with Gasteiger partial charge in [-0.25, -0.2) is 0 Å². The number of hydrogen-bond acceptors (Lipinski definition) is 2. The number of amides is 1. The molecule has 0 bridgehead atoms. The lowest BCUT2D eigenvalue weighted by Gasteiger charge is -2.08. The number of hydrogen-bond donors (Lipinski definition) is 1. The molecule has 1 N–H and O–H groups in total. The molecule has 0 aliphatic heterocycles. The molecule has 3 aromatic rings. The second kappa shape index (κ2) is 5.66. The number of rotatable bonds is 2. The fourth-order valence-corrected chi connectivity index (χ4v) is 2.55. The van der Waals surface area contributed by atoms with E-state index in [9.17, 15) is 4.79 Å². The molecule has 21 heavy (non-hydrogen) atoms. The highest BCUT2D eigenvalue weighted by Gasteiger charge is 2.08. The number of aryl methyl sites for hydroxylation is 1. The van der Waals surface area contributed by atoms with Gasteiger partial charge in [-0.05, 0) is 54.1 Å². The number of carbonyl (C=O) groups is 1. The molecule has 1 aromatic heterocycles. The first-order valence-corrected chi connectivity index (χ1v) is 7.35. The first-order chi connectivity index (χ1) is 10.1. The van der Waals surface area contributed by atoms with Crippen molar-refractivity contribution in [1.82, 2.24) is 4.98 Å². The highest BCUT2D eigenvalue weighted by molar-refractivity contribution is 9.10. The van der Waals surface area contributed by atoms with Gasteiger partial charge in [-0.2, -0.15) is 0 Å². The van der Waals surface area contributed by atoms with E-state index in [2.05, 4.69) is 26.2 Å². The van der Waals surface area contributed by atoms with Crippen molar-refractivity contribution in [1.29, 1.82) is 0 Å². The van der Waals surface area contributed by atoms with E-state index in [1.165, 1.54) is 0 Å². The number of pyridine rings is 1. The number of halogens is 1. The smallest absolute Gasteiger partial charge is 0.255 e. The normalized spacial score (nSPS) is 10.6. The topological polar surface area (TPSA) is 42.0 Å². The van der Waals surface area contributed by atoms with E-state index >= 15 is 0 Å². The maximum Gasteiger partial charge on any atom is 0.255 e. The van der Waals surface area contributed by atoms with Crippen LogP contribution in [0.1, 0.15) is 16.1 Å². The van der Waals surface area contributed by atoms with Gasteiger partial charge in [0.1, 0.15) is 0 Å². The Morgan fingerprint density at radius 1 is 1.10 bits per heavy atom. The third-order valence-electron chi connectivity index (χ3n) is 3.32. The summed E-state index contributed by atoms with van der Waals surface area (Å²) >= 11 is 3.45. The van der Waals surface area contributed by atoms with Gasteiger partial charge in [-0.15, -0.1) is 0 Å². The van der Waals surface area contributed by atoms with Crippen molar-refractivity contribution in [3.63, 3.8) is 0 Å². The van der Waals surface area contributed by atoms with Crippen LogP contribution in [-0.4, -0.2) is 10.9 Å². The Morgan fingerprint density at radius 2 is 1.86 bits per heavy atom. The number of nitrogens with zero attached hydrogens (tertiary/aromatic N) is 1. The van der Waals surface area contributed by atoms with Crippen LogP contribution in [0.25, 0.3) is 10.8 Å². The van der Waals surface area contributed by atoms with Crippen molar-refractivity contribution >= 4 is 38.3 Å². The van der Waals surface area contributed by atoms with E-state index in [-0.39, 0.29) is 5.91 Å². The summed E-state index contributed by atoms with van der Waals surface area (Å²) in [5.41, 5.74) is 2.17. The molecule has 0 unspecified atom stereocenters. The Kier molecular flexibility index (Phi) is 3.71. The molecule has 3 rings (SSSR count). The molecule has 3 nitrogen and oxygen atoms in total. The molecule has 0 atom stereocenters. The minimum Gasteiger partial charge on any atom is -0.320 e. The number of nitrogens with one attached hydrogen (secondary N) is 1. The molecule has 1 amide bonds. The summed E-state index contributed by atoms with van der Waals surface area (Å²) in [4.78, 5) is 16.5. The van der Waals surface area contributed by atoms with Gasteiger partial charge in [0.2, 0.25) is 0 Å². The van der Waals surface area contributed by atoms with Crippen molar-refractivity contribution in [3.8, 4) is 0 Å². The summed E-state index contributed by atoms with van der Waals surface area (Å²) in [6, 6.07) is 15.3. The van der Waals surface area contributed by atoms with Crippen molar-refractivity contribution in [3.05, 3.63) is 70.5 Å². The third kappa shape index (κ3) is 2.95. The maximum absolute atomic E-state index is 12.3. The van der Waals surface area contributed by atoms with Crippen LogP contribution < -0.4 is 5.32 Å². The molecule has 0 spiro atoms. The maximum atomic E-state index is 12.3. The van der Waals surface area contributed by atoms with Gasteiger partial charge in [0, 0.05) is 16.2 Å². The zero-order valence-electron chi connectivity index (χ0n) is 11.4. The Balaban J connectivity index is 1.91. The van der Waals surface area contributed by atoms with Crippen molar-refractivity contribution < 1.29 is 4.79 Å². The molecule has 1 heterocycles. The van der Waals surface area contributed by atoms with Crippen molar-refractivity contribution in [2.45, 2.75) is 6.92 Å². The second-order valence-electron chi connectivity index (χ2n) is 4.80. The Labute approximate surface area is 131 Å². The third-order valence-corrected chi connectivity index (χ3v) is 3.81. The van der Waals surface area contributed by atoms with Crippen molar-refractivity contribution in [2.75, 3.05) is 5.32 Å². The summed E-state index contributed by atoms with van der Waals surface area (Å²) in [6.45, 7) is 1.87. The summed E-state index contributed by atoms with van der Waals surface area (Å²) in [7, 11) is 0. The van der Waals surface area contributed by atoms with E-state index in [4.69, 9.17) is 0 Å². The lowest BCUT2D eigenvalue weighted by molar-refractivity contribution is 0.102. The fraction of sp³-hybridized carbons (Fsp3) is 0.0588. The fourth-order valence-electron chi connectivity index (χ4n) is 2.17. The van der Waals surface area contributed by atoms with Crippen LogP contribution >= 0.6 is 15.9 Å². The SMILES string of the molecule is Cc1ncccc1NC(=O)c1ccc2cc(Br)ccc2c1. The first kappa shape index (κ1) is 13.8. The van der Waals surface area contributed by atoms with E-state index < -0.39 is 0 Å². The molecule has 0 saturated heterocycles. The zero-order valence-corrected chi connectivity index (χ0v) is 13.0. The highest BCUT2D eigenvalue weighted by atomic mass is 79.9. The number of aromatic nitrogens is 1. The molecule has 0 aliphatic carbocycles. The molecule has 0 saturated carbocycles. The van der Waals surface area contributed by atoms with Gasteiger partial charge >= 0.3 is 0 Å². The number of anilines is 1. The van der Waals surface area contributed by atoms with Gasteiger partial charge in [0.05, 0.1) is 11.4 Å². The summed E-state index contributed by atoms with van der Waals surface area (Å²) in [5.74, 6) is -0.129. The predicted molar refractivity (Wildman–Crippen MR) is 88.6 cm³/mol. The quantitative estimate of drug-likeness (QED) is 0.743. The molecule has 0 radical (unpaired) electrons. The van der Waals surface area contributed by atoms with Gasteiger partial charge in [0.25, 0.3) is 5.91 Å². The lowest BCUT2D eigenvalue weighted by atomic mass is 10.1. The van der Waals surface area contributed by atoms with Crippen LogP contribution in [0.5, 0.6) is 0 Å². The van der Waals surface area contributed by atoms with E-state index in [0.717, 1.165) is 26.6 Å². The van der Waals surface area contributed by atoms with E-state index in [1.54, 1.807) is 12.3 Å². The largest absolute Gasteiger partial charge is 0.320 e. The Hall–Kier alpha value is -2.20. The van der Waals surface area contributed by atoms with Crippen LogP contribution in [-0.2, 0) is 0 Å². The van der Waals surface area contributed by atoms with Crippen LogP contribution in [0.2, 0.25) is 0 Å². The van der Waals surface area contributed by atoms with Gasteiger partial charge in [-0.3, -0.25) is 9.78 Å². The van der Waals surface area contributed by atoms with Gasteiger partial charge in [0.15, 0.2) is 0 Å². The summed E-state index contributed by atoms with van der Waals surface area (Å²) < 4.78 is 1.03. The minimum atomic E-state index is -0.129. The van der Waals surface area contributed by atoms with Gasteiger partial charge < -0.3 is 5.32 Å². The molecule has 0 aliphatic rings. The summed E-state index contributed by atoms with van der Waals surface area (Å²) in [6.07, 6.45) is 1.71. The van der Waals surface area contributed by atoms with Crippen molar-refractivity contribution in [2.24, 2.45) is 0 Å². The molecule has 4 heteroatoms. The van der Waals surface area contributed by atoms with Crippen LogP contribution in [0, 0.1) is 6.92 Å². The average molecular weight is 341 g/mol. The molecule has 0 fully saturated rings. The molecular weight excluding hydrogens is 328 g/mol. The standard InChI is InChI=1S/C17H13BrN2O/c1-11-16(3-2-8-19-11)20-17(21)14-5-4-13-10-15(18)7-6-12(13)9-14/h2-10H,1H3,(H,20,21). The van der Waals surface area contributed by atoms with E-state index in [1.807, 2.05) is 49.4 Å². The summed E-state index contributed by atoms with van der Waals surface area (Å²) in [5, 5.41) is 5.02. The second-order valence-corrected chi connectivity index (χ2v) is 5.71. The van der Waals surface area contributed by atoms with Gasteiger partial charge in [-0.1, -0.05) is 28.1 Å². The number of benzene rings is 2. The highest BCUT2D eigenvalue weighted by Crippen LogP contribution is 2.21. The molecule has 104 valence electrons. The first-order valence-electron chi connectivity index (χ1n) is 6.56.